The zero-order chi connectivity index (χ0) is 14.8. The lowest BCUT2D eigenvalue weighted by Gasteiger charge is -2.36. The molecule has 1 aromatic heterocycles. The smallest absolute Gasteiger partial charge is 0.145 e. The van der Waals surface area contributed by atoms with Crippen LogP contribution in [0, 0.1) is 0 Å². The highest BCUT2D eigenvalue weighted by Gasteiger charge is 2.21. The molecule has 21 heavy (non-hydrogen) atoms. The highest BCUT2D eigenvalue weighted by molar-refractivity contribution is 5.85. The zero-order valence-corrected chi connectivity index (χ0v) is 13.0. The van der Waals surface area contributed by atoms with Gasteiger partial charge in [0.1, 0.15) is 11.3 Å². The maximum atomic E-state index is 5.53. The van der Waals surface area contributed by atoms with E-state index in [0.717, 1.165) is 42.8 Å². The number of aromatic nitrogens is 1. The summed E-state index contributed by atoms with van der Waals surface area (Å²) >= 11 is 0. The van der Waals surface area contributed by atoms with Crippen LogP contribution in [0.4, 0.5) is 0 Å². The summed E-state index contributed by atoms with van der Waals surface area (Å²) < 4.78 is 5.53. The van der Waals surface area contributed by atoms with E-state index in [2.05, 4.69) is 47.0 Å². The first-order valence-corrected chi connectivity index (χ1v) is 7.54. The van der Waals surface area contributed by atoms with E-state index in [1.54, 1.807) is 7.11 Å². The third kappa shape index (κ3) is 2.87. The third-order valence-corrected chi connectivity index (χ3v) is 4.48. The second kappa shape index (κ2) is 6.00. The molecule has 1 unspecified atom stereocenters. The quantitative estimate of drug-likeness (QED) is 0.866. The van der Waals surface area contributed by atoms with E-state index in [4.69, 9.17) is 4.74 Å². The van der Waals surface area contributed by atoms with Crippen molar-refractivity contribution in [1.82, 2.24) is 14.8 Å². The molecule has 0 amide bonds. The van der Waals surface area contributed by atoms with Crippen molar-refractivity contribution < 1.29 is 4.74 Å². The molecule has 0 spiro atoms. The van der Waals surface area contributed by atoms with Crippen LogP contribution >= 0.6 is 0 Å². The minimum Gasteiger partial charge on any atom is -0.494 e. The second-order valence-electron chi connectivity index (χ2n) is 5.81. The molecule has 3 rings (SSSR count). The van der Waals surface area contributed by atoms with Crippen LogP contribution in [0.25, 0.3) is 10.9 Å². The van der Waals surface area contributed by atoms with Crippen molar-refractivity contribution in [3.63, 3.8) is 0 Å². The van der Waals surface area contributed by atoms with Crippen molar-refractivity contribution in [2.75, 3.05) is 40.3 Å². The van der Waals surface area contributed by atoms with Gasteiger partial charge in [0.05, 0.1) is 7.11 Å². The molecule has 0 aliphatic carbocycles. The van der Waals surface area contributed by atoms with Crippen molar-refractivity contribution in [3.05, 3.63) is 36.0 Å². The van der Waals surface area contributed by atoms with Crippen molar-refractivity contribution in [1.29, 1.82) is 0 Å². The van der Waals surface area contributed by atoms with Gasteiger partial charge < -0.3 is 9.64 Å². The lowest BCUT2D eigenvalue weighted by atomic mass is 10.0. The first kappa shape index (κ1) is 14.3. The number of pyridine rings is 1. The minimum absolute atomic E-state index is 0.400. The molecule has 2 aromatic rings. The van der Waals surface area contributed by atoms with Crippen LogP contribution in [0.15, 0.2) is 30.5 Å². The van der Waals surface area contributed by atoms with Crippen molar-refractivity contribution in [2.45, 2.75) is 13.0 Å². The Balaban J connectivity index is 1.92. The molecule has 4 nitrogen and oxygen atoms in total. The van der Waals surface area contributed by atoms with Gasteiger partial charge in [-0.15, -0.1) is 0 Å². The lowest BCUT2D eigenvalue weighted by Crippen LogP contribution is -2.45. The normalized spacial score (nSPS) is 18.8. The largest absolute Gasteiger partial charge is 0.494 e. The fourth-order valence-electron chi connectivity index (χ4n) is 3.00. The van der Waals surface area contributed by atoms with Gasteiger partial charge in [-0.05, 0) is 37.7 Å². The van der Waals surface area contributed by atoms with Crippen LogP contribution in [0.1, 0.15) is 18.5 Å². The van der Waals surface area contributed by atoms with Crippen LogP contribution in [0.2, 0.25) is 0 Å². The molecular formula is C17H23N3O. The van der Waals surface area contributed by atoms with Crippen molar-refractivity contribution in [2.24, 2.45) is 0 Å². The van der Waals surface area contributed by atoms with E-state index in [1.165, 1.54) is 5.56 Å². The van der Waals surface area contributed by atoms with E-state index >= 15 is 0 Å². The number of rotatable bonds is 3. The van der Waals surface area contributed by atoms with Crippen LogP contribution in [-0.4, -0.2) is 55.1 Å². The average Bonchev–Trinajstić information content (AvgIpc) is 2.53. The fraction of sp³-hybridized carbons (Fsp3) is 0.471. The average molecular weight is 285 g/mol. The van der Waals surface area contributed by atoms with Crippen molar-refractivity contribution in [3.8, 4) is 5.75 Å². The van der Waals surface area contributed by atoms with Gasteiger partial charge in [0, 0.05) is 43.8 Å². The summed E-state index contributed by atoms with van der Waals surface area (Å²) in [4.78, 5) is 9.35. The van der Waals surface area contributed by atoms with E-state index < -0.39 is 0 Å². The summed E-state index contributed by atoms with van der Waals surface area (Å²) in [5.41, 5.74) is 2.24. The number of benzene rings is 1. The molecule has 0 N–H and O–H groups in total. The van der Waals surface area contributed by atoms with Crippen LogP contribution in [-0.2, 0) is 0 Å². The van der Waals surface area contributed by atoms with Gasteiger partial charge in [0.25, 0.3) is 0 Å². The molecule has 1 aliphatic heterocycles. The summed E-state index contributed by atoms with van der Waals surface area (Å²) in [5.74, 6) is 0.865. The number of piperazine rings is 1. The van der Waals surface area contributed by atoms with Gasteiger partial charge in [-0.25, -0.2) is 0 Å². The predicted molar refractivity (Wildman–Crippen MR) is 85.8 cm³/mol. The Bertz CT molecular complexity index is 620. The Morgan fingerprint density at radius 2 is 1.95 bits per heavy atom. The van der Waals surface area contributed by atoms with E-state index in [0.29, 0.717) is 6.04 Å². The molecule has 2 heterocycles. The molecule has 1 aromatic carbocycles. The molecule has 1 saturated heterocycles. The van der Waals surface area contributed by atoms with Crippen molar-refractivity contribution >= 4 is 10.9 Å². The number of ether oxygens (including phenoxy) is 1. The summed E-state index contributed by atoms with van der Waals surface area (Å²) in [6, 6.07) is 8.86. The number of fused-ring (bicyclic) bond motifs is 1. The molecule has 1 atom stereocenters. The van der Waals surface area contributed by atoms with Gasteiger partial charge in [-0.1, -0.05) is 6.07 Å². The Morgan fingerprint density at radius 3 is 2.67 bits per heavy atom. The number of nitrogens with zero attached hydrogens (tertiary/aromatic N) is 3. The summed E-state index contributed by atoms with van der Waals surface area (Å²) in [6.07, 6.45) is 1.81. The van der Waals surface area contributed by atoms with E-state index in [1.807, 2.05) is 12.3 Å². The highest BCUT2D eigenvalue weighted by Crippen LogP contribution is 2.30. The minimum atomic E-state index is 0.400. The number of hydrogen-bond acceptors (Lipinski definition) is 4. The third-order valence-electron chi connectivity index (χ3n) is 4.48. The maximum Gasteiger partial charge on any atom is 0.145 e. The Hall–Kier alpha value is -1.65. The fourth-order valence-corrected chi connectivity index (χ4v) is 3.00. The first-order chi connectivity index (χ1) is 10.2. The van der Waals surface area contributed by atoms with Gasteiger partial charge in [-0.3, -0.25) is 9.88 Å². The van der Waals surface area contributed by atoms with Gasteiger partial charge in [0.2, 0.25) is 0 Å². The van der Waals surface area contributed by atoms with E-state index in [-0.39, 0.29) is 0 Å². The van der Waals surface area contributed by atoms with E-state index in [9.17, 15) is 0 Å². The lowest BCUT2D eigenvalue weighted by molar-refractivity contribution is 0.119. The van der Waals surface area contributed by atoms with Gasteiger partial charge in [-0.2, -0.15) is 0 Å². The Morgan fingerprint density at radius 1 is 1.19 bits per heavy atom. The molecule has 0 radical (unpaired) electrons. The topological polar surface area (TPSA) is 28.6 Å². The summed E-state index contributed by atoms with van der Waals surface area (Å²) in [5, 5.41) is 1.15. The van der Waals surface area contributed by atoms with Gasteiger partial charge >= 0.3 is 0 Å². The zero-order valence-electron chi connectivity index (χ0n) is 13.0. The van der Waals surface area contributed by atoms with Crippen LogP contribution in [0.3, 0.4) is 0 Å². The van der Waals surface area contributed by atoms with Crippen LogP contribution < -0.4 is 4.74 Å². The number of likely N-dealkylation sites (N-methyl/N-ethyl adjacent to an activating group) is 1. The predicted octanol–water partition coefficient (Wildman–Crippen LogP) is 2.55. The molecule has 1 aliphatic rings. The van der Waals surface area contributed by atoms with Gasteiger partial charge in [0.15, 0.2) is 0 Å². The molecule has 0 saturated carbocycles. The standard InChI is InChI=1S/C17H23N3O/c1-13(20-9-7-19(2)8-10-20)15-11-14-5-4-6-18-17(14)16(12-15)21-3/h4-6,11-13H,7-10H2,1-3H3. The molecular weight excluding hydrogens is 262 g/mol. The Labute approximate surface area is 126 Å². The second-order valence-corrected chi connectivity index (χ2v) is 5.81. The number of methoxy groups -OCH3 is 1. The summed E-state index contributed by atoms with van der Waals surface area (Å²) in [7, 11) is 3.90. The Kier molecular flexibility index (Phi) is 4.08. The molecule has 4 heteroatoms. The highest BCUT2D eigenvalue weighted by atomic mass is 16.5. The molecule has 0 bridgehead atoms. The monoisotopic (exact) mass is 285 g/mol. The maximum absolute atomic E-state index is 5.53. The summed E-state index contributed by atoms with van der Waals surface area (Å²) in [6.45, 7) is 6.78. The number of hydrogen-bond donors (Lipinski definition) is 0. The SMILES string of the molecule is COc1cc(C(C)N2CCN(C)CC2)cc2cccnc12. The molecule has 112 valence electrons. The first-order valence-electron chi connectivity index (χ1n) is 7.54. The molecule has 1 fully saturated rings. The van der Waals surface area contributed by atoms with Crippen LogP contribution in [0.5, 0.6) is 5.75 Å².